The molecule has 0 radical (unpaired) electrons. The lowest BCUT2D eigenvalue weighted by Crippen LogP contribution is -2.42. The van der Waals surface area contributed by atoms with Gasteiger partial charge in [0.05, 0.1) is 12.0 Å². The molecule has 0 unspecified atom stereocenters. The molecular weight excluding hydrogens is 360 g/mol. The monoisotopic (exact) mass is 384 g/mol. The minimum absolute atomic E-state index is 0.00217. The standard InChI is InChI=1S/C17H24N2O6S/c1-13(17(21)25-12-16(20)19-10-4-3-5-11-19)18-26(22,23)15-8-6-14(24-2)7-9-15/h6-9,13,18H,3-5,10-12H2,1-2H3/t13-/m0/s1. The summed E-state index contributed by atoms with van der Waals surface area (Å²) < 4.78 is 36.8. The van der Waals surface area contributed by atoms with Crippen LogP contribution in [0.2, 0.25) is 0 Å². The molecule has 2 rings (SSSR count). The number of likely N-dealkylation sites (tertiary alicyclic amines) is 1. The SMILES string of the molecule is COc1ccc(S(=O)(=O)N[C@@H](C)C(=O)OCC(=O)N2CCCCC2)cc1. The van der Waals surface area contributed by atoms with Crippen LogP contribution in [-0.2, 0) is 24.3 Å². The Hall–Kier alpha value is -2.13. The van der Waals surface area contributed by atoms with Crippen LogP contribution in [-0.4, -0.2) is 58.0 Å². The zero-order chi connectivity index (χ0) is 19.2. The van der Waals surface area contributed by atoms with Gasteiger partial charge in [0.25, 0.3) is 5.91 Å². The molecule has 8 nitrogen and oxygen atoms in total. The number of sulfonamides is 1. The number of nitrogens with zero attached hydrogens (tertiary/aromatic N) is 1. The summed E-state index contributed by atoms with van der Waals surface area (Å²) in [6, 6.07) is 4.65. The van der Waals surface area contributed by atoms with Crippen molar-refractivity contribution in [2.24, 2.45) is 0 Å². The van der Waals surface area contributed by atoms with E-state index in [1.54, 1.807) is 4.90 Å². The topological polar surface area (TPSA) is 102 Å². The maximum Gasteiger partial charge on any atom is 0.324 e. The average molecular weight is 384 g/mol. The van der Waals surface area contributed by atoms with Gasteiger partial charge in [-0.3, -0.25) is 9.59 Å². The second-order valence-corrected chi connectivity index (χ2v) is 7.78. The molecule has 1 aliphatic rings. The third-order valence-corrected chi connectivity index (χ3v) is 5.66. The maximum atomic E-state index is 12.3. The van der Waals surface area contributed by atoms with E-state index in [2.05, 4.69) is 4.72 Å². The van der Waals surface area contributed by atoms with E-state index in [1.807, 2.05) is 0 Å². The molecule has 0 aromatic heterocycles. The highest BCUT2D eigenvalue weighted by Crippen LogP contribution is 2.15. The van der Waals surface area contributed by atoms with Gasteiger partial charge in [-0.2, -0.15) is 4.72 Å². The van der Waals surface area contributed by atoms with Crippen molar-refractivity contribution in [3.8, 4) is 5.75 Å². The Morgan fingerprint density at radius 3 is 2.35 bits per heavy atom. The fraction of sp³-hybridized carbons (Fsp3) is 0.529. The highest BCUT2D eigenvalue weighted by molar-refractivity contribution is 7.89. The van der Waals surface area contributed by atoms with Crippen LogP contribution < -0.4 is 9.46 Å². The van der Waals surface area contributed by atoms with E-state index in [0.29, 0.717) is 18.8 Å². The lowest BCUT2D eigenvalue weighted by Gasteiger charge is -2.26. The minimum Gasteiger partial charge on any atom is -0.497 e. The molecule has 0 spiro atoms. The largest absolute Gasteiger partial charge is 0.497 e. The summed E-state index contributed by atoms with van der Waals surface area (Å²) in [5.41, 5.74) is 0. The van der Waals surface area contributed by atoms with Crippen LogP contribution in [0.5, 0.6) is 5.75 Å². The third kappa shape index (κ3) is 5.43. The number of piperidine rings is 1. The summed E-state index contributed by atoms with van der Waals surface area (Å²) in [6.07, 6.45) is 2.98. The number of carbonyl (C=O) groups is 2. The number of carbonyl (C=O) groups excluding carboxylic acids is 2. The van der Waals surface area contributed by atoms with Gasteiger partial charge < -0.3 is 14.4 Å². The summed E-state index contributed by atoms with van der Waals surface area (Å²) in [7, 11) is -2.41. The van der Waals surface area contributed by atoms with Gasteiger partial charge in [-0.15, -0.1) is 0 Å². The van der Waals surface area contributed by atoms with Gasteiger partial charge in [-0.25, -0.2) is 8.42 Å². The van der Waals surface area contributed by atoms with Crippen molar-refractivity contribution in [2.45, 2.75) is 37.1 Å². The van der Waals surface area contributed by atoms with Crippen LogP contribution in [0.1, 0.15) is 26.2 Å². The van der Waals surface area contributed by atoms with Gasteiger partial charge in [-0.1, -0.05) is 0 Å². The van der Waals surface area contributed by atoms with E-state index in [4.69, 9.17) is 9.47 Å². The molecule has 1 amide bonds. The Labute approximate surface area is 153 Å². The lowest BCUT2D eigenvalue weighted by atomic mass is 10.1. The number of ether oxygens (including phenoxy) is 2. The van der Waals surface area contributed by atoms with Gasteiger partial charge in [-0.05, 0) is 50.5 Å². The molecule has 1 aliphatic heterocycles. The fourth-order valence-electron chi connectivity index (χ4n) is 2.60. The second kappa shape index (κ2) is 9.00. The predicted octanol–water partition coefficient (Wildman–Crippen LogP) is 0.918. The zero-order valence-corrected chi connectivity index (χ0v) is 15.8. The Kier molecular flexibility index (Phi) is 6.98. The fourth-order valence-corrected chi connectivity index (χ4v) is 3.79. The van der Waals surface area contributed by atoms with E-state index in [0.717, 1.165) is 19.3 Å². The van der Waals surface area contributed by atoms with Gasteiger partial charge in [0, 0.05) is 13.1 Å². The average Bonchev–Trinajstić information content (AvgIpc) is 2.66. The van der Waals surface area contributed by atoms with E-state index in [-0.39, 0.29) is 17.4 Å². The first kappa shape index (κ1) is 20.2. The Balaban J connectivity index is 1.87. The summed E-state index contributed by atoms with van der Waals surface area (Å²) in [6.45, 7) is 2.31. The highest BCUT2D eigenvalue weighted by atomic mass is 32.2. The lowest BCUT2D eigenvalue weighted by molar-refractivity contribution is -0.153. The molecule has 1 aromatic rings. The molecule has 0 saturated carbocycles. The first-order chi connectivity index (χ1) is 12.3. The number of benzene rings is 1. The number of hydrogen-bond donors (Lipinski definition) is 1. The third-order valence-electron chi connectivity index (χ3n) is 4.10. The van der Waals surface area contributed by atoms with Gasteiger partial charge in [0.2, 0.25) is 10.0 Å². The summed E-state index contributed by atoms with van der Waals surface area (Å²) in [4.78, 5) is 25.6. The molecule has 1 aromatic carbocycles. The van der Waals surface area contributed by atoms with Crippen molar-refractivity contribution < 1.29 is 27.5 Å². The van der Waals surface area contributed by atoms with Crippen molar-refractivity contribution in [3.63, 3.8) is 0 Å². The van der Waals surface area contributed by atoms with Crippen LogP contribution >= 0.6 is 0 Å². The molecule has 1 saturated heterocycles. The van der Waals surface area contributed by atoms with Crippen molar-refractivity contribution in [1.82, 2.24) is 9.62 Å². The van der Waals surface area contributed by atoms with E-state index >= 15 is 0 Å². The number of nitrogens with one attached hydrogen (secondary N) is 1. The molecule has 0 aliphatic carbocycles. The van der Waals surface area contributed by atoms with Crippen molar-refractivity contribution >= 4 is 21.9 Å². The van der Waals surface area contributed by atoms with Crippen LogP contribution in [0.25, 0.3) is 0 Å². The maximum absolute atomic E-state index is 12.3. The number of methoxy groups -OCH3 is 1. The minimum atomic E-state index is -3.89. The molecule has 1 atom stereocenters. The number of hydrogen-bond acceptors (Lipinski definition) is 6. The zero-order valence-electron chi connectivity index (χ0n) is 14.9. The molecule has 1 N–H and O–H groups in total. The van der Waals surface area contributed by atoms with Crippen LogP contribution in [0.3, 0.4) is 0 Å². The van der Waals surface area contributed by atoms with Crippen LogP contribution in [0.15, 0.2) is 29.2 Å². The summed E-state index contributed by atoms with van der Waals surface area (Å²) in [5.74, 6) is -0.539. The number of esters is 1. The quantitative estimate of drug-likeness (QED) is 0.702. The van der Waals surface area contributed by atoms with Crippen molar-refractivity contribution in [3.05, 3.63) is 24.3 Å². The van der Waals surface area contributed by atoms with E-state index in [1.165, 1.54) is 38.3 Å². The Bertz CT molecular complexity index is 726. The molecule has 26 heavy (non-hydrogen) atoms. The molecule has 1 fully saturated rings. The molecule has 0 bridgehead atoms. The summed E-state index contributed by atoms with van der Waals surface area (Å²) >= 11 is 0. The van der Waals surface area contributed by atoms with Gasteiger partial charge in [0.15, 0.2) is 6.61 Å². The van der Waals surface area contributed by atoms with Gasteiger partial charge >= 0.3 is 5.97 Å². The normalized spacial score (nSPS) is 16.0. The Morgan fingerprint density at radius 1 is 1.15 bits per heavy atom. The van der Waals surface area contributed by atoms with Crippen molar-refractivity contribution in [2.75, 3.05) is 26.8 Å². The smallest absolute Gasteiger partial charge is 0.324 e. The highest BCUT2D eigenvalue weighted by Gasteiger charge is 2.25. The molecule has 1 heterocycles. The van der Waals surface area contributed by atoms with E-state index in [9.17, 15) is 18.0 Å². The second-order valence-electron chi connectivity index (χ2n) is 6.07. The van der Waals surface area contributed by atoms with Crippen molar-refractivity contribution in [1.29, 1.82) is 0 Å². The summed E-state index contributed by atoms with van der Waals surface area (Å²) in [5, 5.41) is 0. The molecular formula is C17H24N2O6S. The van der Waals surface area contributed by atoms with Gasteiger partial charge in [0.1, 0.15) is 11.8 Å². The van der Waals surface area contributed by atoms with Crippen LogP contribution in [0.4, 0.5) is 0 Å². The first-order valence-electron chi connectivity index (χ1n) is 8.44. The molecule has 9 heteroatoms. The first-order valence-corrected chi connectivity index (χ1v) is 9.92. The van der Waals surface area contributed by atoms with E-state index < -0.39 is 22.0 Å². The molecule has 144 valence electrons. The number of rotatable bonds is 7. The number of amides is 1. The predicted molar refractivity (Wildman–Crippen MR) is 94.2 cm³/mol. The Morgan fingerprint density at radius 2 is 1.77 bits per heavy atom. The van der Waals surface area contributed by atoms with Crippen LogP contribution in [0, 0.1) is 0 Å².